The maximum atomic E-state index is 10.2. The molecule has 0 amide bonds. The van der Waals surface area contributed by atoms with Gasteiger partial charge in [0.25, 0.3) is 0 Å². The molecule has 1 rings (SSSR count). The van der Waals surface area contributed by atoms with Crippen LogP contribution in [0, 0.1) is 0 Å². The Labute approximate surface area is 111 Å². The molecule has 1 unspecified atom stereocenters. The average Bonchev–Trinajstić information content (AvgIpc) is 2.28. The van der Waals surface area contributed by atoms with Crippen LogP contribution in [-0.4, -0.2) is 28.6 Å². The number of nitrogens with two attached hydrogens (primary N) is 1. The number of nitrogen functional groups attached to an aromatic ring is 1. The van der Waals surface area contributed by atoms with Crippen molar-refractivity contribution in [1.82, 2.24) is 4.90 Å². The number of benzene rings is 1. The second-order valence-electron chi connectivity index (χ2n) is 5.72. The van der Waals surface area contributed by atoms with Gasteiger partial charge in [0.1, 0.15) is 0 Å². The molecule has 0 aliphatic rings. The number of rotatable bonds is 5. The molecule has 1 atom stereocenters. The minimum atomic E-state index is -0.415. The Hall–Kier alpha value is -1.06. The monoisotopic (exact) mass is 250 g/mol. The van der Waals surface area contributed by atoms with E-state index in [1.165, 1.54) is 0 Å². The largest absolute Gasteiger partial charge is 0.399 e. The second kappa shape index (κ2) is 6.21. The summed E-state index contributed by atoms with van der Waals surface area (Å²) in [5.41, 5.74) is 7.46. The molecule has 1 aromatic rings. The molecule has 0 saturated heterocycles. The smallest absolute Gasteiger partial charge is 0.0802 e. The third kappa shape index (κ3) is 4.31. The first-order valence-electron chi connectivity index (χ1n) is 6.63. The minimum absolute atomic E-state index is 0.148. The quantitative estimate of drug-likeness (QED) is 0.790. The Morgan fingerprint density at radius 3 is 2.22 bits per heavy atom. The van der Waals surface area contributed by atoms with Crippen LogP contribution in [0.15, 0.2) is 24.3 Å². The normalized spacial score (nSPS) is 13.9. The van der Waals surface area contributed by atoms with Gasteiger partial charge in [-0.1, -0.05) is 19.1 Å². The minimum Gasteiger partial charge on any atom is -0.399 e. The number of hydrogen-bond donors (Lipinski definition) is 2. The van der Waals surface area contributed by atoms with E-state index in [2.05, 4.69) is 32.6 Å². The Bertz CT molecular complexity index is 354. The van der Waals surface area contributed by atoms with Gasteiger partial charge in [0.05, 0.1) is 6.10 Å². The third-order valence-electron chi connectivity index (χ3n) is 3.32. The van der Waals surface area contributed by atoms with E-state index < -0.39 is 6.10 Å². The van der Waals surface area contributed by atoms with E-state index in [9.17, 15) is 5.11 Å². The lowest BCUT2D eigenvalue weighted by molar-refractivity contribution is 0.0997. The molecule has 102 valence electrons. The molecule has 0 fully saturated rings. The van der Waals surface area contributed by atoms with Gasteiger partial charge < -0.3 is 10.8 Å². The zero-order valence-corrected chi connectivity index (χ0v) is 12.0. The fourth-order valence-corrected chi connectivity index (χ4v) is 2.13. The molecule has 0 bridgehead atoms. The molecule has 0 saturated carbocycles. The van der Waals surface area contributed by atoms with E-state index >= 15 is 0 Å². The molecule has 3 N–H and O–H groups in total. The van der Waals surface area contributed by atoms with Crippen molar-refractivity contribution in [2.24, 2.45) is 0 Å². The molecule has 3 heteroatoms. The Balaban J connectivity index is 2.55. The molecule has 0 aliphatic carbocycles. The number of nitrogens with zero attached hydrogens (tertiary/aromatic N) is 1. The molecule has 0 spiro atoms. The first-order valence-corrected chi connectivity index (χ1v) is 6.63. The first-order chi connectivity index (χ1) is 8.34. The first kappa shape index (κ1) is 15.0. The van der Waals surface area contributed by atoms with Gasteiger partial charge >= 0.3 is 0 Å². The van der Waals surface area contributed by atoms with Crippen molar-refractivity contribution in [2.45, 2.75) is 45.8 Å². The molecule has 0 aromatic heterocycles. The maximum absolute atomic E-state index is 10.2. The van der Waals surface area contributed by atoms with Crippen LogP contribution in [0.1, 0.15) is 45.8 Å². The number of aliphatic hydroxyl groups excluding tert-OH is 1. The van der Waals surface area contributed by atoms with Crippen molar-refractivity contribution in [1.29, 1.82) is 0 Å². The summed E-state index contributed by atoms with van der Waals surface area (Å²) in [7, 11) is 0. The Kier molecular flexibility index (Phi) is 5.17. The molecule has 3 nitrogen and oxygen atoms in total. The highest BCUT2D eigenvalue weighted by Gasteiger charge is 2.20. The molecule has 0 radical (unpaired) electrons. The Morgan fingerprint density at radius 2 is 1.78 bits per heavy atom. The lowest BCUT2D eigenvalue weighted by Crippen LogP contribution is -2.42. The van der Waals surface area contributed by atoms with E-state index in [1.807, 2.05) is 24.3 Å². The average molecular weight is 250 g/mol. The fourth-order valence-electron chi connectivity index (χ4n) is 2.13. The van der Waals surface area contributed by atoms with Crippen molar-refractivity contribution < 1.29 is 5.11 Å². The van der Waals surface area contributed by atoms with Gasteiger partial charge in [-0.25, -0.2) is 0 Å². The summed E-state index contributed by atoms with van der Waals surface area (Å²) in [6, 6.07) is 7.46. The van der Waals surface area contributed by atoms with E-state index in [0.29, 0.717) is 0 Å². The van der Waals surface area contributed by atoms with Gasteiger partial charge in [-0.15, -0.1) is 0 Å². The topological polar surface area (TPSA) is 49.5 Å². The summed E-state index contributed by atoms with van der Waals surface area (Å²) in [5.74, 6) is 0. The van der Waals surface area contributed by atoms with Gasteiger partial charge in [-0.05, 0) is 51.4 Å². The highest BCUT2D eigenvalue weighted by atomic mass is 16.3. The lowest BCUT2D eigenvalue weighted by atomic mass is 10.0. The standard InChI is InChI=1S/C15H26N2O/c1-5-17(15(2,3)4)11-10-14(18)12-6-8-13(16)9-7-12/h6-9,14,18H,5,10-11,16H2,1-4H3. The molecular weight excluding hydrogens is 224 g/mol. The lowest BCUT2D eigenvalue weighted by Gasteiger charge is -2.35. The number of anilines is 1. The van der Waals surface area contributed by atoms with Gasteiger partial charge in [0.2, 0.25) is 0 Å². The van der Waals surface area contributed by atoms with Crippen LogP contribution in [0.5, 0.6) is 0 Å². The van der Waals surface area contributed by atoms with Crippen LogP contribution in [0.2, 0.25) is 0 Å². The summed E-state index contributed by atoms with van der Waals surface area (Å²) in [6.45, 7) is 10.6. The highest BCUT2D eigenvalue weighted by Crippen LogP contribution is 2.20. The van der Waals surface area contributed by atoms with Crippen molar-refractivity contribution in [3.63, 3.8) is 0 Å². The number of hydrogen-bond acceptors (Lipinski definition) is 3. The van der Waals surface area contributed by atoms with Gasteiger partial charge in [0.15, 0.2) is 0 Å². The third-order valence-corrected chi connectivity index (χ3v) is 3.32. The molecule has 0 aliphatic heterocycles. The predicted molar refractivity (Wildman–Crippen MR) is 77.4 cm³/mol. The van der Waals surface area contributed by atoms with Gasteiger partial charge in [0, 0.05) is 17.8 Å². The zero-order chi connectivity index (χ0) is 13.8. The van der Waals surface area contributed by atoms with Gasteiger partial charge in [-0.3, -0.25) is 4.90 Å². The SMILES string of the molecule is CCN(CCC(O)c1ccc(N)cc1)C(C)(C)C. The zero-order valence-electron chi connectivity index (χ0n) is 12.0. The van der Waals surface area contributed by atoms with Crippen LogP contribution in [0.4, 0.5) is 5.69 Å². The van der Waals surface area contributed by atoms with E-state index in [4.69, 9.17) is 5.73 Å². The molecule has 0 heterocycles. The van der Waals surface area contributed by atoms with Crippen molar-refractivity contribution in [3.8, 4) is 0 Å². The summed E-state index contributed by atoms with van der Waals surface area (Å²) < 4.78 is 0. The Morgan fingerprint density at radius 1 is 1.22 bits per heavy atom. The van der Waals surface area contributed by atoms with Crippen molar-refractivity contribution >= 4 is 5.69 Å². The van der Waals surface area contributed by atoms with Gasteiger partial charge in [-0.2, -0.15) is 0 Å². The van der Waals surface area contributed by atoms with Crippen LogP contribution < -0.4 is 5.73 Å². The summed E-state index contributed by atoms with van der Waals surface area (Å²) in [4.78, 5) is 2.37. The van der Waals surface area contributed by atoms with E-state index in [0.717, 1.165) is 30.8 Å². The van der Waals surface area contributed by atoms with E-state index in [1.54, 1.807) is 0 Å². The fraction of sp³-hybridized carbons (Fsp3) is 0.600. The predicted octanol–water partition coefficient (Wildman–Crippen LogP) is 2.81. The van der Waals surface area contributed by atoms with Crippen LogP contribution >= 0.6 is 0 Å². The maximum Gasteiger partial charge on any atom is 0.0802 e. The summed E-state index contributed by atoms with van der Waals surface area (Å²) in [6.07, 6.45) is 0.330. The second-order valence-corrected chi connectivity index (χ2v) is 5.72. The van der Waals surface area contributed by atoms with E-state index in [-0.39, 0.29) is 5.54 Å². The summed E-state index contributed by atoms with van der Waals surface area (Å²) >= 11 is 0. The molecule has 18 heavy (non-hydrogen) atoms. The highest BCUT2D eigenvalue weighted by molar-refractivity contribution is 5.39. The van der Waals surface area contributed by atoms with Crippen LogP contribution in [0.25, 0.3) is 0 Å². The summed E-state index contributed by atoms with van der Waals surface area (Å²) in [5, 5.41) is 10.2. The van der Waals surface area contributed by atoms with Crippen LogP contribution in [0.3, 0.4) is 0 Å². The van der Waals surface area contributed by atoms with Crippen molar-refractivity contribution in [3.05, 3.63) is 29.8 Å². The number of aliphatic hydroxyl groups is 1. The molecular formula is C15H26N2O. The van der Waals surface area contributed by atoms with Crippen molar-refractivity contribution in [2.75, 3.05) is 18.8 Å². The van der Waals surface area contributed by atoms with Crippen LogP contribution in [-0.2, 0) is 0 Å². The molecule has 1 aromatic carbocycles.